The van der Waals surface area contributed by atoms with Crippen molar-refractivity contribution in [1.82, 2.24) is 0 Å². The number of piperidine rings is 1. The molecule has 5 heteroatoms. The summed E-state index contributed by atoms with van der Waals surface area (Å²) in [5.41, 5.74) is 2.09. The number of ether oxygens (including phenoxy) is 1. The number of carbonyl (C=O) groups excluding carboxylic acids is 2. The molecule has 2 N–H and O–H groups in total. The minimum atomic E-state index is -0.131. The molecular formula is C19H29N2O3+. The molecule has 1 fully saturated rings. The smallest absolute Gasteiger partial charge is 0.309 e. The van der Waals surface area contributed by atoms with E-state index in [2.05, 4.69) is 31.3 Å². The number of esters is 1. The summed E-state index contributed by atoms with van der Waals surface area (Å²) in [6, 6.07) is 7.89. The Morgan fingerprint density at radius 1 is 1.12 bits per heavy atom. The molecule has 132 valence electrons. The number of benzene rings is 1. The van der Waals surface area contributed by atoms with Gasteiger partial charge in [-0.25, -0.2) is 0 Å². The SMILES string of the molecule is COC(=O)C1CC[NH+]([C@H](C)C(=O)Nc2ccc(C(C)C)cc2)CC1. The minimum Gasteiger partial charge on any atom is -0.469 e. The highest BCUT2D eigenvalue weighted by atomic mass is 16.5. The summed E-state index contributed by atoms with van der Waals surface area (Å²) in [6.45, 7) is 7.89. The molecule has 0 spiro atoms. The second kappa shape index (κ2) is 8.29. The molecule has 0 bridgehead atoms. The molecule has 1 saturated heterocycles. The zero-order valence-corrected chi connectivity index (χ0v) is 15.1. The number of amides is 1. The van der Waals surface area contributed by atoms with Crippen LogP contribution in [-0.2, 0) is 14.3 Å². The molecule has 0 aliphatic carbocycles. The lowest BCUT2D eigenvalue weighted by Gasteiger charge is -2.31. The Labute approximate surface area is 144 Å². The van der Waals surface area contributed by atoms with Gasteiger partial charge in [0, 0.05) is 18.5 Å². The summed E-state index contributed by atoms with van der Waals surface area (Å²) in [4.78, 5) is 25.3. The van der Waals surface area contributed by atoms with Crippen molar-refractivity contribution in [2.24, 2.45) is 5.92 Å². The van der Waals surface area contributed by atoms with Gasteiger partial charge in [0.05, 0.1) is 26.1 Å². The van der Waals surface area contributed by atoms with Gasteiger partial charge >= 0.3 is 5.97 Å². The van der Waals surface area contributed by atoms with Gasteiger partial charge in [0.2, 0.25) is 0 Å². The van der Waals surface area contributed by atoms with E-state index in [1.165, 1.54) is 17.6 Å². The summed E-state index contributed by atoms with van der Waals surface area (Å²) >= 11 is 0. The van der Waals surface area contributed by atoms with E-state index in [9.17, 15) is 9.59 Å². The summed E-state index contributed by atoms with van der Waals surface area (Å²) in [7, 11) is 1.43. The molecule has 24 heavy (non-hydrogen) atoms. The maximum absolute atomic E-state index is 12.5. The van der Waals surface area contributed by atoms with Gasteiger partial charge in [0.1, 0.15) is 0 Å². The molecule has 1 aromatic rings. The predicted octanol–water partition coefficient (Wildman–Crippen LogP) is 1.60. The van der Waals surface area contributed by atoms with Crippen molar-refractivity contribution in [2.45, 2.75) is 45.6 Å². The van der Waals surface area contributed by atoms with Crippen molar-refractivity contribution in [3.05, 3.63) is 29.8 Å². The number of likely N-dealkylation sites (tertiary alicyclic amines) is 1. The maximum atomic E-state index is 12.5. The normalized spacial score (nSPS) is 22.0. The number of hydrogen-bond acceptors (Lipinski definition) is 3. The second-order valence-electron chi connectivity index (χ2n) is 6.94. The van der Waals surface area contributed by atoms with E-state index in [0.717, 1.165) is 31.6 Å². The third-order valence-corrected chi connectivity index (χ3v) is 5.01. The Morgan fingerprint density at radius 3 is 2.21 bits per heavy atom. The van der Waals surface area contributed by atoms with Gasteiger partial charge in [0.15, 0.2) is 6.04 Å². The second-order valence-corrected chi connectivity index (χ2v) is 6.94. The van der Waals surface area contributed by atoms with E-state index in [4.69, 9.17) is 4.74 Å². The van der Waals surface area contributed by atoms with E-state index in [0.29, 0.717) is 5.92 Å². The average molecular weight is 333 g/mol. The average Bonchev–Trinajstić information content (AvgIpc) is 2.61. The van der Waals surface area contributed by atoms with Crippen LogP contribution in [0.2, 0.25) is 0 Å². The van der Waals surface area contributed by atoms with Gasteiger partial charge in [-0.1, -0.05) is 26.0 Å². The summed E-state index contributed by atoms with van der Waals surface area (Å²) in [6.07, 6.45) is 1.56. The van der Waals surface area contributed by atoms with Gasteiger partial charge in [-0.05, 0) is 30.5 Å². The molecule has 5 nitrogen and oxygen atoms in total. The fraction of sp³-hybridized carbons (Fsp3) is 0.579. The van der Waals surface area contributed by atoms with E-state index < -0.39 is 0 Å². The van der Waals surface area contributed by atoms with E-state index >= 15 is 0 Å². The van der Waals surface area contributed by atoms with Gasteiger partial charge in [-0.15, -0.1) is 0 Å². The van der Waals surface area contributed by atoms with Crippen LogP contribution in [0, 0.1) is 5.92 Å². The van der Waals surface area contributed by atoms with Crippen LogP contribution in [0.3, 0.4) is 0 Å². The minimum absolute atomic E-state index is 0.0161. The Bertz CT molecular complexity index is 560. The third-order valence-electron chi connectivity index (χ3n) is 5.01. The third kappa shape index (κ3) is 4.57. The molecule has 1 atom stereocenters. The summed E-state index contributed by atoms with van der Waals surface area (Å²) < 4.78 is 4.81. The molecule has 1 aromatic carbocycles. The topological polar surface area (TPSA) is 59.8 Å². The van der Waals surface area contributed by atoms with Crippen molar-refractivity contribution in [2.75, 3.05) is 25.5 Å². The largest absolute Gasteiger partial charge is 0.469 e. The number of anilines is 1. The fourth-order valence-electron chi connectivity index (χ4n) is 3.21. The Hall–Kier alpha value is -1.88. The molecule has 1 heterocycles. The molecule has 1 aliphatic heterocycles. The number of hydrogen-bond donors (Lipinski definition) is 2. The van der Waals surface area contributed by atoms with Crippen molar-refractivity contribution in [3.8, 4) is 0 Å². The Morgan fingerprint density at radius 2 is 1.71 bits per heavy atom. The lowest BCUT2D eigenvalue weighted by molar-refractivity contribution is -0.919. The summed E-state index contributed by atoms with van der Waals surface area (Å²) in [5, 5.41) is 3.00. The van der Waals surface area contributed by atoms with Crippen LogP contribution in [0.25, 0.3) is 0 Å². The highest BCUT2D eigenvalue weighted by Gasteiger charge is 2.33. The monoisotopic (exact) mass is 333 g/mol. The van der Waals surface area contributed by atoms with Crippen LogP contribution in [-0.4, -0.2) is 38.1 Å². The highest BCUT2D eigenvalue weighted by Crippen LogP contribution is 2.17. The van der Waals surface area contributed by atoms with Gasteiger partial charge < -0.3 is 15.0 Å². The molecule has 0 aromatic heterocycles. The number of rotatable bonds is 5. The Kier molecular flexibility index (Phi) is 6.37. The lowest BCUT2D eigenvalue weighted by atomic mass is 9.96. The van der Waals surface area contributed by atoms with Crippen molar-refractivity contribution in [3.63, 3.8) is 0 Å². The summed E-state index contributed by atoms with van der Waals surface area (Å²) in [5.74, 6) is 0.363. The predicted molar refractivity (Wildman–Crippen MR) is 94.1 cm³/mol. The first-order valence-electron chi connectivity index (χ1n) is 8.75. The highest BCUT2D eigenvalue weighted by molar-refractivity contribution is 5.93. The molecule has 1 amide bonds. The lowest BCUT2D eigenvalue weighted by Crippen LogP contribution is -3.17. The molecule has 0 radical (unpaired) electrons. The standard InChI is InChI=1S/C19H28N2O3/c1-13(2)15-5-7-17(8-6-15)20-18(22)14(3)21-11-9-16(10-12-21)19(23)24-4/h5-8,13-14,16H,9-12H2,1-4H3,(H,20,22)/p+1/t14-/m1/s1. The molecular weight excluding hydrogens is 304 g/mol. The van der Waals surface area contributed by atoms with Gasteiger partial charge in [-0.3, -0.25) is 9.59 Å². The quantitative estimate of drug-likeness (QED) is 0.805. The zero-order chi connectivity index (χ0) is 17.7. The van der Waals surface area contributed by atoms with Crippen molar-refractivity contribution in [1.29, 1.82) is 0 Å². The van der Waals surface area contributed by atoms with Crippen LogP contribution >= 0.6 is 0 Å². The fourth-order valence-corrected chi connectivity index (χ4v) is 3.21. The zero-order valence-electron chi connectivity index (χ0n) is 15.1. The molecule has 0 unspecified atom stereocenters. The Balaban J connectivity index is 1.87. The van der Waals surface area contributed by atoms with Crippen LogP contribution in [0.15, 0.2) is 24.3 Å². The first-order chi connectivity index (χ1) is 11.4. The van der Waals surface area contributed by atoms with Crippen LogP contribution < -0.4 is 10.2 Å². The number of quaternary nitrogens is 1. The van der Waals surface area contributed by atoms with Crippen LogP contribution in [0.5, 0.6) is 0 Å². The van der Waals surface area contributed by atoms with Crippen molar-refractivity contribution < 1.29 is 19.2 Å². The maximum Gasteiger partial charge on any atom is 0.309 e. The van der Waals surface area contributed by atoms with Crippen LogP contribution in [0.4, 0.5) is 5.69 Å². The number of methoxy groups -OCH3 is 1. The molecule has 0 saturated carbocycles. The van der Waals surface area contributed by atoms with Crippen molar-refractivity contribution >= 4 is 17.6 Å². The van der Waals surface area contributed by atoms with E-state index in [-0.39, 0.29) is 23.8 Å². The van der Waals surface area contributed by atoms with E-state index in [1.807, 2.05) is 19.1 Å². The first kappa shape index (κ1) is 18.5. The van der Waals surface area contributed by atoms with Gasteiger partial charge in [-0.2, -0.15) is 0 Å². The molecule has 2 rings (SSSR count). The first-order valence-corrected chi connectivity index (χ1v) is 8.75. The van der Waals surface area contributed by atoms with E-state index in [1.54, 1.807) is 0 Å². The molecule has 1 aliphatic rings. The number of nitrogens with one attached hydrogen (secondary N) is 2. The van der Waals surface area contributed by atoms with Gasteiger partial charge in [0.25, 0.3) is 5.91 Å². The van der Waals surface area contributed by atoms with Crippen LogP contribution in [0.1, 0.15) is 45.1 Å². The number of carbonyl (C=O) groups is 2.